The van der Waals surface area contributed by atoms with Gasteiger partial charge < -0.3 is 15.1 Å². The lowest BCUT2D eigenvalue weighted by Crippen LogP contribution is -2.51. The molecule has 112 valence electrons. The number of carbonyl (C=O) groups is 3. The lowest BCUT2D eigenvalue weighted by molar-refractivity contribution is -0.138. The van der Waals surface area contributed by atoms with Crippen molar-refractivity contribution in [1.82, 2.24) is 10.2 Å². The topological polar surface area (TPSA) is 69.7 Å². The van der Waals surface area contributed by atoms with E-state index in [1.165, 1.54) is 6.92 Å². The molecule has 1 aliphatic heterocycles. The van der Waals surface area contributed by atoms with Gasteiger partial charge in [-0.25, -0.2) is 0 Å². The SMILES string of the molecule is CC(=O)C(=O)NCC(=O)N1CCN(c2ccccc2)CC1. The molecule has 1 saturated heterocycles. The fraction of sp³-hybridized carbons (Fsp3) is 0.400. The summed E-state index contributed by atoms with van der Waals surface area (Å²) in [5.74, 6) is -1.46. The van der Waals surface area contributed by atoms with Crippen LogP contribution in [0, 0.1) is 0 Å². The summed E-state index contributed by atoms with van der Waals surface area (Å²) >= 11 is 0. The second kappa shape index (κ2) is 6.88. The molecular weight excluding hydrogens is 270 g/mol. The fourth-order valence-electron chi connectivity index (χ4n) is 2.25. The van der Waals surface area contributed by atoms with Crippen LogP contribution in [0.2, 0.25) is 0 Å². The fourth-order valence-corrected chi connectivity index (χ4v) is 2.25. The third-order valence-corrected chi connectivity index (χ3v) is 3.47. The molecule has 2 rings (SSSR count). The molecule has 0 bridgehead atoms. The van der Waals surface area contributed by atoms with Crippen molar-refractivity contribution < 1.29 is 14.4 Å². The van der Waals surface area contributed by atoms with Crippen LogP contribution >= 0.6 is 0 Å². The van der Waals surface area contributed by atoms with Gasteiger partial charge in [0.2, 0.25) is 11.7 Å². The Morgan fingerprint density at radius 1 is 1.05 bits per heavy atom. The number of rotatable bonds is 4. The molecule has 1 N–H and O–H groups in total. The Hall–Kier alpha value is -2.37. The van der Waals surface area contributed by atoms with E-state index >= 15 is 0 Å². The van der Waals surface area contributed by atoms with Gasteiger partial charge in [0.1, 0.15) is 0 Å². The van der Waals surface area contributed by atoms with Gasteiger partial charge in [-0.05, 0) is 12.1 Å². The summed E-state index contributed by atoms with van der Waals surface area (Å²) in [5.41, 5.74) is 1.15. The average molecular weight is 289 g/mol. The van der Waals surface area contributed by atoms with E-state index in [-0.39, 0.29) is 12.5 Å². The third-order valence-electron chi connectivity index (χ3n) is 3.47. The Morgan fingerprint density at radius 3 is 2.24 bits per heavy atom. The lowest BCUT2D eigenvalue weighted by atomic mass is 10.2. The summed E-state index contributed by atoms with van der Waals surface area (Å²) in [6.45, 7) is 3.81. The molecule has 1 aliphatic rings. The highest BCUT2D eigenvalue weighted by molar-refractivity contribution is 6.35. The number of amides is 2. The van der Waals surface area contributed by atoms with Crippen LogP contribution in [0.15, 0.2) is 30.3 Å². The number of hydrogen-bond acceptors (Lipinski definition) is 4. The largest absolute Gasteiger partial charge is 0.368 e. The molecule has 0 radical (unpaired) electrons. The van der Waals surface area contributed by atoms with E-state index in [4.69, 9.17) is 0 Å². The number of anilines is 1. The Kier molecular flexibility index (Phi) is 4.92. The van der Waals surface area contributed by atoms with Crippen LogP contribution in [-0.2, 0) is 14.4 Å². The standard InChI is InChI=1S/C15H19N3O3/c1-12(19)15(21)16-11-14(20)18-9-7-17(8-10-18)13-5-3-2-4-6-13/h2-6H,7-11H2,1H3,(H,16,21). The molecule has 0 spiro atoms. The van der Waals surface area contributed by atoms with Gasteiger partial charge in [0.15, 0.2) is 0 Å². The predicted molar refractivity (Wildman–Crippen MR) is 78.9 cm³/mol. The molecule has 0 unspecified atom stereocenters. The third kappa shape index (κ3) is 4.05. The maximum atomic E-state index is 11.9. The van der Waals surface area contributed by atoms with Gasteiger partial charge >= 0.3 is 0 Å². The van der Waals surface area contributed by atoms with Crippen LogP contribution in [0.4, 0.5) is 5.69 Å². The molecule has 1 aromatic rings. The number of piperazine rings is 1. The van der Waals surface area contributed by atoms with Gasteiger partial charge in [-0.1, -0.05) is 18.2 Å². The van der Waals surface area contributed by atoms with Crippen molar-refractivity contribution in [2.45, 2.75) is 6.92 Å². The summed E-state index contributed by atoms with van der Waals surface area (Å²) < 4.78 is 0. The lowest BCUT2D eigenvalue weighted by Gasteiger charge is -2.36. The van der Waals surface area contributed by atoms with Crippen LogP contribution in [0.3, 0.4) is 0 Å². The number of hydrogen-bond donors (Lipinski definition) is 1. The van der Waals surface area contributed by atoms with Crippen LogP contribution in [0.25, 0.3) is 0 Å². The normalized spacial score (nSPS) is 14.7. The highest BCUT2D eigenvalue weighted by Crippen LogP contribution is 2.15. The zero-order valence-corrected chi connectivity index (χ0v) is 12.0. The molecule has 0 aliphatic carbocycles. The maximum absolute atomic E-state index is 11.9. The molecule has 0 aromatic heterocycles. The van der Waals surface area contributed by atoms with Crippen molar-refractivity contribution in [3.8, 4) is 0 Å². The van der Waals surface area contributed by atoms with Crippen molar-refractivity contribution in [3.05, 3.63) is 30.3 Å². The predicted octanol–water partition coefficient (Wildman–Crippen LogP) is 0.0404. The molecule has 0 atom stereocenters. The minimum atomic E-state index is -0.716. The number of nitrogens with zero attached hydrogens (tertiary/aromatic N) is 2. The number of benzene rings is 1. The minimum Gasteiger partial charge on any atom is -0.368 e. The van der Waals surface area contributed by atoms with Crippen LogP contribution in [0.5, 0.6) is 0 Å². The Bertz CT molecular complexity index is 522. The second-order valence-electron chi connectivity index (χ2n) is 4.94. The van der Waals surface area contributed by atoms with Gasteiger partial charge in [0, 0.05) is 38.8 Å². The Labute approximate surface area is 123 Å². The molecule has 6 nitrogen and oxygen atoms in total. The van der Waals surface area contributed by atoms with Crippen LogP contribution < -0.4 is 10.2 Å². The molecule has 1 aromatic carbocycles. The van der Waals surface area contributed by atoms with Crippen molar-refractivity contribution in [2.75, 3.05) is 37.6 Å². The molecule has 1 fully saturated rings. The summed E-state index contributed by atoms with van der Waals surface area (Å²) in [7, 11) is 0. The van der Waals surface area contributed by atoms with E-state index in [0.29, 0.717) is 13.1 Å². The summed E-state index contributed by atoms with van der Waals surface area (Å²) in [6.07, 6.45) is 0. The first-order valence-electron chi connectivity index (χ1n) is 6.94. The van der Waals surface area contributed by atoms with E-state index in [1.54, 1.807) is 4.90 Å². The van der Waals surface area contributed by atoms with E-state index in [2.05, 4.69) is 10.2 Å². The van der Waals surface area contributed by atoms with E-state index in [1.807, 2.05) is 30.3 Å². The minimum absolute atomic E-state index is 0.121. The molecule has 1 heterocycles. The highest BCUT2D eigenvalue weighted by atomic mass is 16.2. The summed E-state index contributed by atoms with van der Waals surface area (Å²) in [5, 5.41) is 2.33. The Balaban J connectivity index is 1.79. The number of Topliss-reactive ketones (excluding diaryl/α,β-unsaturated/α-hetero) is 1. The second-order valence-corrected chi connectivity index (χ2v) is 4.94. The van der Waals surface area contributed by atoms with Crippen LogP contribution in [-0.4, -0.2) is 55.2 Å². The van der Waals surface area contributed by atoms with E-state index in [9.17, 15) is 14.4 Å². The molecular formula is C15H19N3O3. The number of nitrogens with one attached hydrogen (secondary N) is 1. The van der Waals surface area contributed by atoms with E-state index < -0.39 is 11.7 Å². The van der Waals surface area contributed by atoms with Crippen molar-refractivity contribution in [2.24, 2.45) is 0 Å². The first-order valence-corrected chi connectivity index (χ1v) is 6.94. The van der Waals surface area contributed by atoms with Gasteiger partial charge in [-0.3, -0.25) is 14.4 Å². The molecule has 0 saturated carbocycles. The van der Waals surface area contributed by atoms with E-state index in [0.717, 1.165) is 18.8 Å². The van der Waals surface area contributed by atoms with Crippen LogP contribution in [0.1, 0.15) is 6.92 Å². The quantitative estimate of drug-likeness (QED) is 0.795. The van der Waals surface area contributed by atoms with Crippen molar-refractivity contribution >= 4 is 23.3 Å². The number of para-hydroxylation sites is 1. The zero-order valence-electron chi connectivity index (χ0n) is 12.0. The molecule has 6 heteroatoms. The first kappa shape index (κ1) is 15.0. The number of ketones is 1. The number of carbonyl (C=O) groups excluding carboxylic acids is 3. The van der Waals surface area contributed by atoms with Gasteiger partial charge in [-0.2, -0.15) is 0 Å². The zero-order chi connectivity index (χ0) is 15.2. The molecule has 2 amide bonds. The first-order chi connectivity index (χ1) is 10.1. The van der Waals surface area contributed by atoms with Gasteiger partial charge in [-0.15, -0.1) is 0 Å². The van der Waals surface area contributed by atoms with Gasteiger partial charge in [0.05, 0.1) is 6.54 Å². The maximum Gasteiger partial charge on any atom is 0.287 e. The summed E-state index contributed by atoms with van der Waals surface area (Å²) in [6, 6.07) is 10.0. The van der Waals surface area contributed by atoms with Crippen molar-refractivity contribution in [3.63, 3.8) is 0 Å². The average Bonchev–Trinajstić information content (AvgIpc) is 2.53. The van der Waals surface area contributed by atoms with Gasteiger partial charge in [0.25, 0.3) is 5.91 Å². The van der Waals surface area contributed by atoms with Crippen molar-refractivity contribution in [1.29, 1.82) is 0 Å². The molecule has 21 heavy (non-hydrogen) atoms. The smallest absolute Gasteiger partial charge is 0.287 e. The Morgan fingerprint density at radius 2 is 1.67 bits per heavy atom. The summed E-state index contributed by atoms with van der Waals surface area (Å²) in [4.78, 5) is 37.8. The monoisotopic (exact) mass is 289 g/mol. The highest BCUT2D eigenvalue weighted by Gasteiger charge is 2.21.